The van der Waals surface area contributed by atoms with Crippen LogP contribution in [0.4, 0.5) is 8.78 Å². The highest BCUT2D eigenvalue weighted by molar-refractivity contribution is 7.89. The van der Waals surface area contributed by atoms with Crippen LogP contribution in [0.25, 0.3) is 0 Å². The lowest BCUT2D eigenvalue weighted by Gasteiger charge is -2.29. The molecule has 0 spiro atoms. The monoisotopic (exact) mass is 455 g/mol. The third kappa shape index (κ3) is 4.99. The minimum absolute atomic E-state index is 0.111. The largest absolute Gasteiger partial charge is 0.368 e. The van der Waals surface area contributed by atoms with Crippen LogP contribution in [0, 0.1) is 29.9 Å². The van der Waals surface area contributed by atoms with Crippen LogP contribution >= 0.6 is 0 Å². The van der Waals surface area contributed by atoms with Crippen LogP contribution in [0.2, 0.25) is 0 Å². The van der Waals surface area contributed by atoms with Crippen molar-refractivity contribution in [2.75, 3.05) is 0 Å². The number of halogens is 2. The normalized spacial score (nSPS) is 12.3. The summed E-state index contributed by atoms with van der Waals surface area (Å²) in [5.74, 6) is -3.05. The minimum Gasteiger partial charge on any atom is -0.368 e. The number of amides is 1. The molecular weight excluding hydrogens is 436 g/mol. The second kappa shape index (κ2) is 9.26. The quantitative estimate of drug-likeness (QED) is 0.588. The van der Waals surface area contributed by atoms with Crippen LogP contribution in [-0.2, 0) is 21.4 Å². The van der Waals surface area contributed by atoms with Gasteiger partial charge in [0.15, 0.2) is 0 Å². The van der Waals surface area contributed by atoms with E-state index in [4.69, 9.17) is 11.0 Å². The van der Waals surface area contributed by atoms with E-state index in [2.05, 4.69) is 0 Å². The Morgan fingerprint density at radius 3 is 2.09 bits per heavy atom. The van der Waals surface area contributed by atoms with E-state index in [1.807, 2.05) is 6.07 Å². The third-order valence-corrected chi connectivity index (χ3v) is 6.63. The topological polar surface area (TPSA) is 104 Å². The van der Waals surface area contributed by atoms with E-state index < -0.39 is 33.6 Å². The van der Waals surface area contributed by atoms with Gasteiger partial charge in [-0.3, -0.25) is 4.79 Å². The van der Waals surface area contributed by atoms with Crippen molar-refractivity contribution in [3.05, 3.63) is 101 Å². The maximum atomic E-state index is 13.9. The number of primary amides is 1. The van der Waals surface area contributed by atoms with Crippen molar-refractivity contribution < 1.29 is 22.0 Å². The van der Waals surface area contributed by atoms with Crippen molar-refractivity contribution in [2.24, 2.45) is 5.73 Å². The van der Waals surface area contributed by atoms with Gasteiger partial charge in [-0.15, -0.1) is 0 Å². The fourth-order valence-electron chi connectivity index (χ4n) is 3.23. The predicted molar refractivity (Wildman–Crippen MR) is 113 cm³/mol. The molecule has 0 aliphatic heterocycles. The Bertz CT molecular complexity index is 1270. The van der Waals surface area contributed by atoms with Gasteiger partial charge in [-0.25, -0.2) is 17.2 Å². The van der Waals surface area contributed by atoms with E-state index in [1.54, 1.807) is 19.1 Å². The lowest BCUT2D eigenvalue weighted by atomic mass is 10.0. The summed E-state index contributed by atoms with van der Waals surface area (Å²) in [7, 11) is -4.33. The second-order valence-corrected chi connectivity index (χ2v) is 9.07. The number of benzene rings is 3. The van der Waals surface area contributed by atoms with Crippen molar-refractivity contribution in [3.8, 4) is 6.07 Å². The van der Waals surface area contributed by atoms with Gasteiger partial charge in [0, 0.05) is 12.6 Å². The molecule has 164 valence electrons. The van der Waals surface area contributed by atoms with Crippen molar-refractivity contribution in [3.63, 3.8) is 0 Å². The predicted octanol–water partition coefficient (Wildman–Crippen LogP) is 3.56. The Hall–Kier alpha value is -3.61. The van der Waals surface area contributed by atoms with Gasteiger partial charge in [-0.2, -0.15) is 9.57 Å². The number of hydrogen-bond donors (Lipinski definition) is 1. The molecular formula is C23H19F2N3O3S. The van der Waals surface area contributed by atoms with E-state index in [0.29, 0.717) is 17.2 Å². The van der Waals surface area contributed by atoms with Crippen LogP contribution in [0.5, 0.6) is 0 Å². The van der Waals surface area contributed by atoms with Gasteiger partial charge in [0.2, 0.25) is 15.9 Å². The van der Waals surface area contributed by atoms with E-state index in [-0.39, 0.29) is 17.0 Å². The van der Waals surface area contributed by atoms with Gasteiger partial charge in [-0.1, -0.05) is 29.8 Å². The van der Waals surface area contributed by atoms with Crippen LogP contribution in [-0.4, -0.2) is 18.6 Å². The lowest BCUT2D eigenvalue weighted by molar-refractivity contribution is -0.122. The van der Waals surface area contributed by atoms with E-state index in [9.17, 15) is 22.0 Å². The summed E-state index contributed by atoms with van der Waals surface area (Å²) in [4.78, 5) is 12.3. The Morgan fingerprint density at radius 1 is 1.03 bits per heavy atom. The maximum Gasteiger partial charge on any atom is 0.244 e. The molecule has 1 unspecified atom stereocenters. The molecule has 3 aromatic carbocycles. The molecule has 9 heteroatoms. The summed E-state index contributed by atoms with van der Waals surface area (Å²) in [6.45, 7) is 1.46. The molecule has 0 saturated carbocycles. The van der Waals surface area contributed by atoms with E-state index >= 15 is 0 Å². The fraction of sp³-hybridized carbons (Fsp3) is 0.130. The molecule has 0 aliphatic rings. The lowest BCUT2D eigenvalue weighted by Crippen LogP contribution is -2.41. The Labute approximate surface area is 184 Å². The van der Waals surface area contributed by atoms with Crippen LogP contribution < -0.4 is 5.73 Å². The first-order valence-electron chi connectivity index (χ1n) is 9.44. The Kier molecular flexibility index (Phi) is 6.67. The number of hydrogen-bond acceptors (Lipinski definition) is 4. The molecule has 0 heterocycles. The van der Waals surface area contributed by atoms with Crippen molar-refractivity contribution in [1.29, 1.82) is 5.26 Å². The molecule has 32 heavy (non-hydrogen) atoms. The highest BCUT2D eigenvalue weighted by Gasteiger charge is 2.36. The molecule has 6 nitrogen and oxygen atoms in total. The van der Waals surface area contributed by atoms with Gasteiger partial charge in [0.05, 0.1) is 16.5 Å². The molecule has 1 atom stereocenters. The molecule has 0 fully saturated rings. The average Bonchev–Trinajstić information content (AvgIpc) is 2.73. The summed E-state index contributed by atoms with van der Waals surface area (Å²) in [6.07, 6.45) is 0. The summed E-state index contributed by atoms with van der Waals surface area (Å²) in [5, 5.41) is 8.98. The number of aryl methyl sites for hydroxylation is 1. The van der Waals surface area contributed by atoms with Gasteiger partial charge < -0.3 is 5.73 Å². The zero-order valence-corrected chi connectivity index (χ0v) is 17.8. The number of nitriles is 1. The number of carbonyl (C=O) groups is 1. The van der Waals surface area contributed by atoms with Crippen molar-refractivity contribution in [1.82, 2.24) is 4.31 Å². The standard InChI is InChI=1S/C23H19F2N3O3S/c1-15-2-8-21(9-3-15)32(30,31)28(14-17-6-4-16(13-26)5-7-17)22(23(27)29)18-10-19(24)12-20(25)11-18/h2-12,22H,14H2,1H3,(H2,27,29). The zero-order valence-electron chi connectivity index (χ0n) is 17.0. The number of nitrogens with zero attached hydrogens (tertiary/aromatic N) is 2. The third-order valence-electron chi connectivity index (χ3n) is 4.81. The maximum absolute atomic E-state index is 13.9. The molecule has 3 aromatic rings. The van der Waals surface area contributed by atoms with Gasteiger partial charge in [0.25, 0.3) is 0 Å². The Balaban J connectivity index is 2.17. The van der Waals surface area contributed by atoms with Gasteiger partial charge >= 0.3 is 0 Å². The number of sulfonamides is 1. The molecule has 0 bridgehead atoms. The molecule has 3 rings (SSSR count). The molecule has 0 saturated heterocycles. The highest BCUT2D eigenvalue weighted by Crippen LogP contribution is 2.31. The minimum atomic E-state index is -4.33. The number of nitrogens with two attached hydrogens (primary N) is 1. The second-order valence-electron chi connectivity index (χ2n) is 7.18. The van der Waals surface area contributed by atoms with Crippen LogP contribution in [0.15, 0.2) is 71.6 Å². The van der Waals surface area contributed by atoms with Crippen molar-refractivity contribution in [2.45, 2.75) is 24.4 Å². The SMILES string of the molecule is Cc1ccc(S(=O)(=O)N(Cc2ccc(C#N)cc2)C(C(N)=O)c2cc(F)cc(F)c2)cc1. The molecule has 0 aliphatic carbocycles. The van der Waals surface area contributed by atoms with Gasteiger partial charge in [0.1, 0.15) is 17.7 Å². The first-order valence-corrected chi connectivity index (χ1v) is 10.9. The fourth-order valence-corrected chi connectivity index (χ4v) is 4.80. The zero-order chi connectivity index (χ0) is 23.5. The molecule has 0 radical (unpaired) electrons. The summed E-state index contributed by atoms with van der Waals surface area (Å²) >= 11 is 0. The van der Waals surface area contributed by atoms with E-state index in [1.165, 1.54) is 36.4 Å². The first-order chi connectivity index (χ1) is 15.1. The molecule has 1 amide bonds. The summed E-state index contributed by atoms with van der Waals surface area (Å²) < 4.78 is 55.7. The van der Waals surface area contributed by atoms with Crippen LogP contribution in [0.1, 0.15) is 28.3 Å². The Morgan fingerprint density at radius 2 is 1.59 bits per heavy atom. The summed E-state index contributed by atoms with van der Waals surface area (Å²) in [6, 6.07) is 14.6. The molecule has 2 N–H and O–H groups in total. The average molecular weight is 455 g/mol. The number of rotatable bonds is 7. The highest BCUT2D eigenvalue weighted by atomic mass is 32.2. The van der Waals surface area contributed by atoms with Crippen molar-refractivity contribution >= 4 is 15.9 Å². The first kappa shape index (κ1) is 23.1. The van der Waals surface area contributed by atoms with E-state index in [0.717, 1.165) is 22.0 Å². The van der Waals surface area contributed by atoms with Gasteiger partial charge in [-0.05, 0) is 54.4 Å². The number of carbonyl (C=O) groups excluding carboxylic acids is 1. The molecule has 0 aromatic heterocycles. The summed E-state index contributed by atoms with van der Waals surface area (Å²) in [5.41, 5.74) is 6.93. The smallest absolute Gasteiger partial charge is 0.244 e. The van der Waals surface area contributed by atoms with Crippen LogP contribution in [0.3, 0.4) is 0 Å².